The molecule has 15 heavy (non-hydrogen) atoms. The Morgan fingerprint density at radius 1 is 1.40 bits per heavy atom. The second-order valence-electron chi connectivity index (χ2n) is 3.34. The van der Waals surface area contributed by atoms with Gasteiger partial charge in [-0.3, -0.25) is 0 Å². The van der Waals surface area contributed by atoms with Gasteiger partial charge in [-0.15, -0.1) is 0 Å². The summed E-state index contributed by atoms with van der Waals surface area (Å²) in [6, 6.07) is 7.63. The quantitative estimate of drug-likeness (QED) is 0.474. The highest BCUT2D eigenvalue weighted by Crippen LogP contribution is 2.19. The molecule has 0 amide bonds. The first kappa shape index (κ1) is 12.3. The number of aryl methyl sites for hydroxylation is 1. The number of halogens is 1. The Bertz CT molecular complexity index is 357. The zero-order valence-corrected chi connectivity index (χ0v) is 11.0. The van der Waals surface area contributed by atoms with Crippen LogP contribution in [0, 0.1) is 18.3 Å². The number of nitriles is 1. The number of alkyl halides is 1. The van der Waals surface area contributed by atoms with Crippen LogP contribution in [0.5, 0.6) is 5.75 Å². The first-order valence-electron chi connectivity index (χ1n) is 4.97. The van der Waals surface area contributed by atoms with E-state index in [-0.39, 0.29) is 0 Å². The zero-order chi connectivity index (χ0) is 11.1. The molecule has 3 heteroatoms. The molecule has 80 valence electrons. The lowest BCUT2D eigenvalue weighted by molar-refractivity contribution is 0.308. The normalized spacial score (nSPS) is 9.67. The highest BCUT2D eigenvalue weighted by molar-refractivity contribution is 14.1. The second-order valence-corrected chi connectivity index (χ2v) is 4.42. The van der Waals surface area contributed by atoms with E-state index in [1.165, 1.54) is 10.8 Å². The largest absolute Gasteiger partial charge is 0.493 e. The molecule has 0 atom stereocenters. The van der Waals surface area contributed by atoms with Gasteiger partial charge in [0.2, 0.25) is 0 Å². The lowest BCUT2D eigenvalue weighted by Crippen LogP contribution is -1.99. The Kier molecular flexibility index (Phi) is 5.48. The summed E-state index contributed by atoms with van der Waals surface area (Å²) in [7, 11) is 0. The van der Waals surface area contributed by atoms with E-state index in [1.807, 2.05) is 19.1 Å². The van der Waals surface area contributed by atoms with Crippen LogP contribution in [0.3, 0.4) is 0 Å². The molecular weight excluding hydrogens is 301 g/mol. The molecule has 1 aromatic carbocycles. The van der Waals surface area contributed by atoms with Crippen molar-refractivity contribution in [3.05, 3.63) is 29.3 Å². The monoisotopic (exact) mass is 315 g/mol. The predicted octanol–water partition coefficient (Wildman–Crippen LogP) is 3.46. The van der Waals surface area contributed by atoms with E-state index in [2.05, 4.69) is 28.7 Å². The van der Waals surface area contributed by atoms with Crippen LogP contribution in [0.25, 0.3) is 0 Å². The summed E-state index contributed by atoms with van der Waals surface area (Å²) >= 11 is 2.37. The van der Waals surface area contributed by atoms with Crippen LogP contribution in [0.15, 0.2) is 18.2 Å². The maximum atomic E-state index is 8.71. The molecule has 0 saturated carbocycles. The minimum atomic E-state index is 0.687. The summed E-state index contributed by atoms with van der Waals surface area (Å²) in [5.41, 5.74) is 1.72. The molecule has 0 aliphatic carbocycles. The molecule has 0 saturated heterocycles. The topological polar surface area (TPSA) is 33.0 Å². The highest BCUT2D eigenvalue weighted by Gasteiger charge is 2.00. The van der Waals surface area contributed by atoms with Crippen molar-refractivity contribution in [3.8, 4) is 11.8 Å². The maximum absolute atomic E-state index is 8.71. The smallest absolute Gasteiger partial charge is 0.122 e. The number of hydrogen-bond acceptors (Lipinski definition) is 2. The summed E-state index contributed by atoms with van der Waals surface area (Å²) in [4.78, 5) is 0. The highest BCUT2D eigenvalue weighted by atomic mass is 127. The Balaban J connectivity index is 2.52. The van der Waals surface area contributed by atoms with Crippen LogP contribution in [-0.4, -0.2) is 11.0 Å². The molecule has 0 spiro atoms. The molecule has 0 radical (unpaired) electrons. The van der Waals surface area contributed by atoms with Crippen LogP contribution >= 0.6 is 22.6 Å². The lowest BCUT2D eigenvalue weighted by Gasteiger charge is -2.08. The van der Waals surface area contributed by atoms with Gasteiger partial charge in [0.1, 0.15) is 5.75 Å². The summed E-state index contributed by atoms with van der Waals surface area (Å²) in [6.45, 7) is 2.73. The SMILES string of the molecule is Cc1cc(C#N)ccc1OCCCCI. The van der Waals surface area contributed by atoms with E-state index >= 15 is 0 Å². The van der Waals surface area contributed by atoms with Gasteiger partial charge in [0.25, 0.3) is 0 Å². The minimum Gasteiger partial charge on any atom is -0.493 e. The summed E-state index contributed by atoms with van der Waals surface area (Å²) in [5.74, 6) is 0.891. The van der Waals surface area contributed by atoms with E-state index in [9.17, 15) is 0 Å². The van der Waals surface area contributed by atoms with Gasteiger partial charge in [0.15, 0.2) is 0 Å². The third-order valence-corrected chi connectivity index (χ3v) is 2.85. The fourth-order valence-electron chi connectivity index (χ4n) is 1.26. The lowest BCUT2D eigenvalue weighted by atomic mass is 10.1. The van der Waals surface area contributed by atoms with Gasteiger partial charge >= 0.3 is 0 Å². The van der Waals surface area contributed by atoms with Gasteiger partial charge in [0, 0.05) is 0 Å². The third kappa shape index (κ3) is 4.08. The molecule has 0 heterocycles. The summed E-state index contributed by atoms with van der Waals surface area (Å²) < 4.78 is 6.80. The van der Waals surface area contributed by atoms with Crippen LogP contribution in [0.4, 0.5) is 0 Å². The number of nitrogens with zero attached hydrogens (tertiary/aromatic N) is 1. The zero-order valence-electron chi connectivity index (χ0n) is 8.79. The van der Waals surface area contributed by atoms with Crippen LogP contribution in [0.1, 0.15) is 24.0 Å². The standard InChI is InChI=1S/C12H14INO/c1-10-8-11(9-14)4-5-12(10)15-7-3-2-6-13/h4-5,8H,2-3,6-7H2,1H3. The van der Waals surface area contributed by atoms with Crippen LogP contribution in [-0.2, 0) is 0 Å². The van der Waals surface area contributed by atoms with Gasteiger partial charge in [-0.2, -0.15) is 5.26 Å². The van der Waals surface area contributed by atoms with Crippen molar-refractivity contribution < 1.29 is 4.74 Å². The number of rotatable bonds is 5. The molecular formula is C12H14INO. The van der Waals surface area contributed by atoms with Crippen LogP contribution in [0.2, 0.25) is 0 Å². The maximum Gasteiger partial charge on any atom is 0.122 e. The molecule has 0 bridgehead atoms. The number of unbranched alkanes of at least 4 members (excludes halogenated alkanes) is 1. The van der Waals surface area contributed by atoms with Gasteiger partial charge < -0.3 is 4.74 Å². The Hall–Kier alpha value is -0.760. The molecule has 0 aromatic heterocycles. The first-order chi connectivity index (χ1) is 7.27. The van der Waals surface area contributed by atoms with Crippen molar-refractivity contribution in [2.75, 3.05) is 11.0 Å². The summed E-state index contributed by atoms with van der Waals surface area (Å²) in [5, 5.41) is 8.71. The van der Waals surface area contributed by atoms with E-state index in [1.54, 1.807) is 6.07 Å². The average molecular weight is 315 g/mol. The van der Waals surface area contributed by atoms with Crippen LogP contribution < -0.4 is 4.74 Å². The van der Waals surface area contributed by atoms with Gasteiger partial charge in [0.05, 0.1) is 18.2 Å². The molecule has 2 nitrogen and oxygen atoms in total. The average Bonchev–Trinajstić information content (AvgIpc) is 2.26. The number of ether oxygens (including phenoxy) is 1. The Morgan fingerprint density at radius 3 is 2.80 bits per heavy atom. The summed E-state index contributed by atoms with van der Waals surface area (Å²) in [6.07, 6.45) is 2.28. The Labute approximate surface area is 104 Å². The van der Waals surface area contributed by atoms with Crippen molar-refractivity contribution in [2.24, 2.45) is 0 Å². The number of hydrogen-bond donors (Lipinski definition) is 0. The minimum absolute atomic E-state index is 0.687. The third-order valence-electron chi connectivity index (χ3n) is 2.09. The molecule has 0 aliphatic heterocycles. The molecule has 0 aliphatic rings. The molecule has 1 rings (SSSR count). The van der Waals surface area contributed by atoms with Crippen molar-refractivity contribution in [3.63, 3.8) is 0 Å². The van der Waals surface area contributed by atoms with Crippen molar-refractivity contribution in [1.82, 2.24) is 0 Å². The van der Waals surface area contributed by atoms with Crippen molar-refractivity contribution >= 4 is 22.6 Å². The Morgan fingerprint density at radius 2 is 2.20 bits per heavy atom. The van der Waals surface area contributed by atoms with Crippen molar-refractivity contribution in [2.45, 2.75) is 19.8 Å². The van der Waals surface area contributed by atoms with E-state index < -0.39 is 0 Å². The van der Waals surface area contributed by atoms with Gasteiger partial charge in [-0.05, 0) is 48.0 Å². The van der Waals surface area contributed by atoms with E-state index in [0.717, 1.165) is 24.3 Å². The predicted molar refractivity (Wildman–Crippen MR) is 69.5 cm³/mol. The molecule has 0 unspecified atom stereocenters. The van der Waals surface area contributed by atoms with Gasteiger partial charge in [-0.1, -0.05) is 22.6 Å². The van der Waals surface area contributed by atoms with E-state index in [0.29, 0.717) is 5.56 Å². The number of benzene rings is 1. The second kappa shape index (κ2) is 6.67. The molecule has 0 fully saturated rings. The fraction of sp³-hybridized carbons (Fsp3) is 0.417. The first-order valence-corrected chi connectivity index (χ1v) is 6.50. The molecule has 1 aromatic rings. The van der Waals surface area contributed by atoms with Crippen molar-refractivity contribution in [1.29, 1.82) is 5.26 Å². The van der Waals surface area contributed by atoms with E-state index in [4.69, 9.17) is 10.00 Å². The fourth-order valence-corrected chi connectivity index (χ4v) is 1.80. The van der Waals surface area contributed by atoms with Gasteiger partial charge in [-0.25, -0.2) is 0 Å². The molecule has 0 N–H and O–H groups in total.